The van der Waals surface area contributed by atoms with Crippen LogP contribution in [0.3, 0.4) is 0 Å². The molecule has 0 bridgehead atoms. The van der Waals surface area contributed by atoms with E-state index in [9.17, 15) is 0 Å². The Bertz CT molecular complexity index is 505. The van der Waals surface area contributed by atoms with Crippen molar-refractivity contribution in [2.75, 3.05) is 6.54 Å². The van der Waals surface area contributed by atoms with Crippen molar-refractivity contribution in [3.05, 3.63) is 0 Å². The number of hydrogen-bond acceptors (Lipinski definition) is 2. The highest BCUT2D eigenvalue weighted by Gasteiger charge is 2.67. The van der Waals surface area contributed by atoms with Crippen molar-refractivity contribution in [1.82, 2.24) is 9.80 Å². The van der Waals surface area contributed by atoms with Gasteiger partial charge in [-0.1, -0.05) is 55.4 Å². The van der Waals surface area contributed by atoms with Gasteiger partial charge >= 0.3 is 0 Å². The van der Waals surface area contributed by atoms with Crippen LogP contribution in [0.5, 0.6) is 0 Å². The zero-order valence-electron chi connectivity index (χ0n) is 21.1. The lowest BCUT2D eigenvalue weighted by Crippen LogP contribution is -2.43. The maximum absolute atomic E-state index is 2.79. The SMILES string of the molecule is CC(C)[C@@H]1C2C(CN1C(C)C)C2(C)C.CC(C)[C@@H]1CC2C(N1C(C)C)C2(C)C. The Kier molecular flexibility index (Phi) is 5.86. The van der Waals surface area contributed by atoms with Gasteiger partial charge in [-0.25, -0.2) is 0 Å². The summed E-state index contributed by atoms with van der Waals surface area (Å²) in [4.78, 5) is 5.51. The summed E-state index contributed by atoms with van der Waals surface area (Å²) in [6, 6.07) is 4.02. The van der Waals surface area contributed by atoms with Crippen LogP contribution in [0.1, 0.15) is 89.5 Å². The first-order valence-corrected chi connectivity index (χ1v) is 12.3. The number of rotatable bonds is 4. The lowest BCUT2D eigenvalue weighted by atomic mass is 9.92. The molecule has 2 saturated heterocycles. The highest BCUT2D eigenvalue weighted by atomic mass is 15.3. The maximum Gasteiger partial charge on any atom is 0.0190 e. The number of fused-ring (bicyclic) bond motifs is 2. The lowest BCUT2D eigenvalue weighted by Gasteiger charge is -2.36. The summed E-state index contributed by atoms with van der Waals surface area (Å²) >= 11 is 0. The number of nitrogens with zero attached hydrogens (tertiary/aromatic N) is 2. The minimum Gasteiger partial charge on any atom is -0.297 e. The van der Waals surface area contributed by atoms with Gasteiger partial charge < -0.3 is 0 Å². The second kappa shape index (κ2) is 7.26. The Morgan fingerprint density at radius 2 is 1.29 bits per heavy atom. The lowest BCUT2D eigenvalue weighted by molar-refractivity contribution is 0.108. The fraction of sp³-hybridized carbons (Fsp3) is 1.00. The third kappa shape index (κ3) is 3.49. The standard InChI is InChI=1S/2C13H25N/c1-8(2)12-11-10(13(11,5)6)7-14(12)9(3)4;1-8(2)11-7-10-12(13(10,5)6)14(11)9(3)4/h2*8-12H,7H2,1-6H3/t10?,11?,12-;10?,11-,12?/m10/s1. The van der Waals surface area contributed by atoms with Crippen LogP contribution in [-0.2, 0) is 0 Å². The quantitative estimate of drug-likeness (QED) is 0.567. The van der Waals surface area contributed by atoms with E-state index in [0.29, 0.717) is 10.8 Å². The smallest absolute Gasteiger partial charge is 0.0190 e. The van der Waals surface area contributed by atoms with E-state index < -0.39 is 0 Å². The van der Waals surface area contributed by atoms with Gasteiger partial charge in [0.1, 0.15) is 0 Å². The number of piperidine rings is 2. The molecule has 0 radical (unpaired) electrons. The number of likely N-dealkylation sites (tertiary alicyclic amines) is 2. The van der Waals surface area contributed by atoms with Gasteiger partial charge in [-0.15, -0.1) is 0 Å². The van der Waals surface area contributed by atoms with Crippen molar-refractivity contribution < 1.29 is 0 Å². The summed E-state index contributed by atoms with van der Waals surface area (Å²) in [5.74, 6) is 4.58. The van der Waals surface area contributed by atoms with E-state index in [-0.39, 0.29) is 0 Å². The molecule has 2 heteroatoms. The van der Waals surface area contributed by atoms with E-state index in [1.807, 2.05) is 0 Å². The predicted molar refractivity (Wildman–Crippen MR) is 123 cm³/mol. The second-order valence-corrected chi connectivity index (χ2v) is 12.9. The Morgan fingerprint density at radius 3 is 1.71 bits per heavy atom. The molecule has 28 heavy (non-hydrogen) atoms. The summed E-state index contributed by atoms with van der Waals surface area (Å²) in [6.45, 7) is 30.0. The molecule has 4 rings (SSSR count). The molecule has 2 aliphatic heterocycles. The molecule has 2 saturated carbocycles. The van der Waals surface area contributed by atoms with E-state index in [2.05, 4.69) is 92.9 Å². The second-order valence-electron chi connectivity index (χ2n) is 12.9. The molecule has 0 aromatic rings. The summed E-state index contributed by atoms with van der Waals surface area (Å²) < 4.78 is 0. The van der Waals surface area contributed by atoms with Gasteiger partial charge in [0.15, 0.2) is 0 Å². The van der Waals surface area contributed by atoms with Gasteiger partial charge in [0.2, 0.25) is 0 Å². The van der Waals surface area contributed by atoms with Gasteiger partial charge in [-0.05, 0) is 74.5 Å². The van der Waals surface area contributed by atoms with Crippen LogP contribution < -0.4 is 0 Å². The normalized spacial score (nSPS) is 40.7. The largest absolute Gasteiger partial charge is 0.297 e. The minimum atomic E-state index is 0.607. The van der Waals surface area contributed by atoms with Crippen molar-refractivity contribution in [1.29, 1.82) is 0 Å². The third-order valence-corrected chi connectivity index (χ3v) is 9.20. The van der Waals surface area contributed by atoms with Gasteiger partial charge in [-0.3, -0.25) is 9.80 Å². The van der Waals surface area contributed by atoms with Gasteiger partial charge in [0.05, 0.1) is 0 Å². The summed E-state index contributed by atoms with van der Waals surface area (Å²) in [5, 5.41) is 0. The average Bonchev–Trinajstić information content (AvgIpc) is 3.14. The summed E-state index contributed by atoms with van der Waals surface area (Å²) in [6.07, 6.45) is 1.44. The third-order valence-electron chi connectivity index (χ3n) is 9.20. The van der Waals surface area contributed by atoms with E-state index in [1.54, 1.807) is 0 Å². The Labute approximate surface area is 176 Å². The first kappa shape index (κ1) is 22.6. The Hall–Kier alpha value is -0.0800. The van der Waals surface area contributed by atoms with Crippen molar-refractivity contribution in [2.45, 2.75) is 120 Å². The van der Waals surface area contributed by atoms with Gasteiger partial charge in [-0.2, -0.15) is 0 Å². The zero-order valence-corrected chi connectivity index (χ0v) is 21.1. The van der Waals surface area contributed by atoms with Gasteiger partial charge in [0.25, 0.3) is 0 Å². The molecule has 164 valence electrons. The van der Waals surface area contributed by atoms with Crippen LogP contribution in [0.25, 0.3) is 0 Å². The molecule has 2 heterocycles. The van der Waals surface area contributed by atoms with E-state index in [4.69, 9.17) is 0 Å². The molecule has 0 amide bonds. The monoisotopic (exact) mass is 390 g/mol. The molecule has 0 N–H and O–H groups in total. The Morgan fingerprint density at radius 1 is 0.714 bits per heavy atom. The molecular weight excluding hydrogens is 340 g/mol. The Balaban J connectivity index is 0.000000161. The highest BCUT2D eigenvalue weighted by Crippen LogP contribution is 2.66. The molecule has 0 spiro atoms. The maximum atomic E-state index is 2.79. The highest BCUT2D eigenvalue weighted by molar-refractivity contribution is 5.19. The molecule has 2 nitrogen and oxygen atoms in total. The van der Waals surface area contributed by atoms with Crippen LogP contribution in [-0.4, -0.2) is 46.6 Å². The van der Waals surface area contributed by atoms with Gasteiger partial charge in [0, 0.05) is 36.8 Å². The molecule has 0 aromatic carbocycles. The van der Waals surface area contributed by atoms with E-state index >= 15 is 0 Å². The number of hydrogen-bond donors (Lipinski definition) is 0. The average molecular weight is 391 g/mol. The topological polar surface area (TPSA) is 6.48 Å². The molecule has 4 unspecified atom stereocenters. The van der Waals surface area contributed by atoms with E-state index in [1.165, 1.54) is 13.0 Å². The molecule has 4 aliphatic rings. The van der Waals surface area contributed by atoms with Crippen molar-refractivity contribution in [3.63, 3.8) is 0 Å². The van der Waals surface area contributed by atoms with Crippen LogP contribution in [0.15, 0.2) is 0 Å². The van der Waals surface area contributed by atoms with E-state index in [0.717, 1.165) is 59.8 Å². The van der Waals surface area contributed by atoms with Crippen LogP contribution >= 0.6 is 0 Å². The van der Waals surface area contributed by atoms with Crippen molar-refractivity contribution >= 4 is 0 Å². The van der Waals surface area contributed by atoms with Crippen molar-refractivity contribution in [3.8, 4) is 0 Å². The zero-order chi connectivity index (χ0) is 21.3. The molecule has 0 aromatic heterocycles. The summed E-state index contributed by atoms with van der Waals surface area (Å²) in [5.41, 5.74) is 1.25. The molecular formula is C26H50N2. The fourth-order valence-electron chi connectivity index (χ4n) is 7.37. The van der Waals surface area contributed by atoms with Crippen molar-refractivity contribution in [2.24, 2.45) is 40.4 Å². The molecule has 2 aliphatic carbocycles. The predicted octanol–water partition coefficient (Wildman–Crippen LogP) is 6.16. The molecule has 4 fully saturated rings. The minimum absolute atomic E-state index is 0.607. The fourth-order valence-corrected chi connectivity index (χ4v) is 7.37. The van der Waals surface area contributed by atoms with Crippen LogP contribution in [0.2, 0.25) is 0 Å². The van der Waals surface area contributed by atoms with Crippen LogP contribution in [0.4, 0.5) is 0 Å². The summed E-state index contributed by atoms with van der Waals surface area (Å²) in [7, 11) is 0. The van der Waals surface area contributed by atoms with Crippen LogP contribution in [0, 0.1) is 40.4 Å². The first-order valence-electron chi connectivity index (χ1n) is 12.3. The first-order chi connectivity index (χ1) is 12.7. The molecule has 6 atom stereocenters.